The minimum absolute atomic E-state index is 0.0422. The Morgan fingerprint density at radius 3 is 2.31 bits per heavy atom. The van der Waals surface area contributed by atoms with Crippen LogP contribution >= 0.6 is 0 Å². The molecule has 1 aromatic rings. The Morgan fingerprint density at radius 1 is 1.14 bits per heavy atom. The number of piperidine rings is 1. The minimum atomic E-state index is -3.38. The van der Waals surface area contributed by atoms with E-state index in [1.54, 1.807) is 23.5 Å². The first kappa shape index (κ1) is 21.6. The van der Waals surface area contributed by atoms with Gasteiger partial charge in [0, 0.05) is 39.8 Å². The highest BCUT2D eigenvalue weighted by atomic mass is 32.2. The Bertz CT molecular complexity index is 825. The predicted molar refractivity (Wildman–Crippen MR) is 111 cm³/mol. The molecule has 0 bridgehead atoms. The number of benzene rings is 1. The van der Waals surface area contributed by atoms with Crippen LogP contribution in [0.5, 0.6) is 0 Å². The van der Waals surface area contributed by atoms with Crippen molar-refractivity contribution in [2.45, 2.75) is 37.1 Å². The lowest BCUT2D eigenvalue weighted by Crippen LogP contribution is -2.46. The van der Waals surface area contributed by atoms with E-state index in [0.29, 0.717) is 24.5 Å². The van der Waals surface area contributed by atoms with Crippen molar-refractivity contribution >= 4 is 22.0 Å². The normalized spacial score (nSPS) is 19.4. The first-order valence-corrected chi connectivity index (χ1v) is 11.5. The van der Waals surface area contributed by atoms with Crippen LogP contribution in [0.3, 0.4) is 0 Å². The van der Waals surface area contributed by atoms with E-state index in [-0.39, 0.29) is 11.9 Å². The lowest BCUT2D eigenvalue weighted by molar-refractivity contribution is -0.146. The summed E-state index contributed by atoms with van der Waals surface area (Å²) < 4.78 is 31.6. The summed E-state index contributed by atoms with van der Waals surface area (Å²) in [5.74, 6) is 0.595. The molecule has 0 radical (unpaired) electrons. The zero-order valence-electron chi connectivity index (χ0n) is 17.1. The summed E-state index contributed by atoms with van der Waals surface area (Å²) >= 11 is 0. The van der Waals surface area contributed by atoms with Crippen molar-refractivity contribution in [2.24, 2.45) is 10.9 Å². The molecule has 2 aliphatic heterocycles. The molecular weight excluding hydrogens is 392 g/mol. The molecule has 29 heavy (non-hydrogen) atoms. The molecule has 1 N–H and O–H groups in total. The number of guanidine groups is 1. The molecule has 8 nitrogen and oxygen atoms in total. The number of ether oxygens (including phenoxy) is 1. The number of nitrogens with zero attached hydrogens (tertiary/aromatic N) is 3. The number of hydrogen-bond acceptors (Lipinski definition) is 5. The number of rotatable bonds is 5. The number of esters is 1. The van der Waals surface area contributed by atoms with Gasteiger partial charge in [-0.25, -0.2) is 8.42 Å². The highest BCUT2D eigenvalue weighted by Crippen LogP contribution is 2.21. The fourth-order valence-corrected chi connectivity index (χ4v) is 5.38. The number of methoxy groups -OCH3 is 1. The summed E-state index contributed by atoms with van der Waals surface area (Å²) in [6, 6.07) is 7.03. The molecule has 2 saturated heterocycles. The van der Waals surface area contributed by atoms with Crippen molar-refractivity contribution in [3.8, 4) is 0 Å². The van der Waals surface area contributed by atoms with Gasteiger partial charge in [-0.15, -0.1) is 0 Å². The van der Waals surface area contributed by atoms with Gasteiger partial charge in [-0.3, -0.25) is 9.79 Å². The quantitative estimate of drug-likeness (QED) is 0.439. The van der Waals surface area contributed by atoms with Gasteiger partial charge in [0.25, 0.3) is 0 Å². The maximum Gasteiger partial charge on any atom is 0.308 e. The Morgan fingerprint density at radius 2 is 1.76 bits per heavy atom. The number of aliphatic imine (C=N–C) groups is 1. The molecule has 0 aliphatic carbocycles. The van der Waals surface area contributed by atoms with Crippen LogP contribution in [0.2, 0.25) is 0 Å². The number of carbonyl (C=O) groups excluding carboxylic acids is 1. The van der Waals surface area contributed by atoms with Gasteiger partial charge in [-0.1, -0.05) is 12.1 Å². The van der Waals surface area contributed by atoms with Gasteiger partial charge < -0.3 is 15.0 Å². The smallest absolute Gasteiger partial charge is 0.308 e. The van der Waals surface area contributed by atoms with Gasteiger partial charge in [0.2, 0.25) is 10.0 Å². The Kier molecular flexibility index (Phi) is 7.13. The van der Waals surface area contributed by atoms with Crippen LogP contribution in [0.25, 0.3) is 0 Å². The zero-order chi connectivity index (χ0) is 20.9. The molecule has 0 unspecified atom stereocenters. The number of sulfonamides is 1. The maximum atomic E-state index is 12.6. The van der Waals surface area contributed by atoms with Crippen molar-refractivity contribution in [1.29, 1.82) is 0 Å². The van der Waals surface area contributed by atoms with E-state index in [0.717, 1.165) is 50.3 Å². The zero-order valence-corrected chi connectivity index (χ0v) is 18.0. The number of likely N-dealkylation sites (tertiary alicyclic amines) is 1. The summed E-state index contributed by atoms with van der Waals surface area (Å²) in [4.78, 5) is 18.5. The van der Waals surface area contributed by atoms with E-state index in [2.05, 4.69) is 15.2 Å². The molecule has 2 heterocycles. The molecule has 0 saturated carbocycles. The molecule has 2 fully saturated rings. The first-order chi connectivity index (χ1) is 14.0. The Balaban J connectivity index is 1.54. The van der Waals surface area contributed by atoms with E-state index in [9.17, 15) is 13.2 Å². The molecule has 2 aliphatic rings. The molecule has 0 amide bonds. The summed E-state index contributed by atoms with van der Waals surface area (Å²) in [6.07, 6.45) is 3.35. The fraction of sp³-hybridized carbons (Fsp3) is 0.600. The molecular formula is C20H30N4O4S. The van der Waals surface area contributed by atoms with E-state index in [1.165, 1.54) is 7.11 Å². The third-order valence-electron chi connectivity index (χ3n) is 5.62. The van der Waals surface area contributed by atoms with Gasteiger partial charge >= 0.3 is 5.97 Å². The molecule has 0 spiro atoms. The summed E-state index contributed by atoms with van der Waals surface area (Å²) in [6.45, 7) is 3.25. The van der Waals surface area contributed by atoms with Crippen molar-refractivity contribution in [3.63, 3.8) is 0 Å². The third kappa shape index (κ3) is 5.08. The average molecular weight is 423 g/mol. The summed E-state index contributed by atoms with van der Waals surface area (Å²) in [7, 11) is -0.216. The second-order valence-electron chi connectivity index (χ2n) is 7.44. The number of carbonyl (C=O) groups is 1. The van der Waals surface area contributed by atoms with Crippen molar-refractivity contribution in [1.82, 2.24) is 14.5 Å². The molecule has 1 aromatic carbocycles. The SMILES string of the molecule is CN=C(NCc1ccc(S(=O)(=O)N2CCCC2)cc1)N1CCC(C(=O)OC)CC1. The second kappa shape index (κ2) is 9.58. The summed E-state index contributed by atoms with van der Waals surface area (Å²) in [5.41, 5.74) is 0.982. The monoisotopic (exact) mass is 422 g/mol. The predicted octanol–water partition coefficient (Wildman–Crippen LogP) is 1.43. The van der Waals surface area contributed by atoms with Crippen LogP contribution < -0.4 is 5.32 Å². The van der Waals surface area contributed by atoms with Crippen LogP contribution in [-0.4, -0.2) is 69.9 Å². The van der Waals surface area contributed by atoms with Gasteiger partial charge in [0.05, 0.1) is 17.9 Å². The minimum Gasteiger partial charge on any atom is -0.469 e. The molecule has 0 atom stereocenters. The molecule has 160 valence electrons. The lowest BCUT2D eigenvalue weighted by atomic mass is 9.97. The van der Waals surface area contributed by atoms with Gasteiger partial charge in [-0.05, 0) is 43.4 Å². The maximum absolute atomic E-state index is 12.6. The Hall–Kier alpha value is -2.13. The third-order valence-corrected chi connectivity index (χ3v) is 7.53. The molecule has 9 heteroatoms. The number of hydrogen-bond donors (Lipinski definition) is 1. The highest BCUT2D eigenvalue weighted by molar-refractivity contribution is 7.89. The lowest BCUT2D eigenvalue weighted by Gasteiger charge is -2.33. The van der Waals surface area contributed by atoms with Gasteiger partial charge in [-0.2, -0.15) is 4.31 Å². The van der Waals surface area contributed by atoms with Crippen LogP contribution in [0, 0.1) is 5.92 Å². The van der Waals surface area contributed by atoms with E-state index < -0.39 is 10.0 Å². The molecule has 0 aromatic heterocycles. The van der Waals surface area contributed by atoms with Crippen LogP contribution in [0.4, 0.5) is 0 Å². The van der Waals surface area contributed by atoms with Crippen molar-refractivity contribution < 1.29 is 17.9 Å². The highest BCUT2D eigenvalue weighted by Gasteiger charge is 2.28. The second-order valence-corrected chi connectivity index (χ2v) is 9.38. The average Bonchev–Trinajstić information content (AvgIpc) is 3.30. The topological polar surface area (TPSA) is 91.3 Å². The van der Waals surface area contributed by atoms with Crippen LogP contribution in [0.1, 0.15) is 31.2 Å². The van der Waals surface area contributed by atoms with Crippen molar-refractivity contribution in [2.75, 3.05) is 40.3 Å². The van der Waals surface area contributed by atoms with Crippen molar-refractivity contribution in [3.05, 3.63) is 29.8 Å². The van der Waals surface area contributed by atoms with Crippen LogP contribution in [-0.2, 0) is 26.1 Å². The van der Waals surface area contributed by atoms with Gasteiger partial charge in [0.15, 0.2) is 5.96 Å². The Labute approximate surface area is 173 Å². The fourth-order valence-electron chi connectivity index (χ4n) is 3.86. The summed E-state index contributed by atoms with van der Waals surface area (Å²) in [5, 5.41) is 3.33. The van der Waals surface area contributed by atoms with E-state index >= 15 is 0 Å². The number of nitrogens with one attached hydrogen (secondary N) is 1. The largest absolute Gasteiger partial charge is 0.469 e. The first-order valence-electron chi connectivity index (χ1n) is 10.1. The van der Waals surface area contributed by atoms with E-state index in [4.69, 9.17) is 4.74 Å². The molecule has 3 rings (SSSR count). The standard InChI is InChI=1S/C20H30N4O4S/c1-21-20(23-13-9-17(10-14-23)19(25)28-2)22-15-16-5-7-18(8-6-16)29(26,27)24-11-3-4-12-24/h5-8,17H,3-4,9-15H2,1-2H3,(H,21,22). The van der Waals surface area contributed by atoms with Crippen LogP contribution in [0.15, 0.2) is 34.2 Å². The van der Waals surface area contributed by atoms with Gasteiger partial charge in [0.1, 0.15) is 0 Å². The van der Waals surface area contributed by atoms with E-state index in [1.807, 2.05) is 12.1 Å².